The van der Waals surface area contributed by atoms with Crippen LogP contribution in [0.3, 0.4) is 0 Å². The molecule has 0 fully saturated rings. The van der Waals surface area contributed by atoms with Crippen molar-refractivity contribution in [2.24, 2.45) is 4.99 Å². The van der Waals surface area contributed by atoms with Crippen LogP contribution in [0.15, 0.2) is 29.4 Å². The lowest BCUT2D eigenvalue weighted by molar-refractivity contribution is 0.311. The van der Waals surface area contributed by atoms with Gasteiger partial charge in [0.2, 0.25) is 5.90 Å². The first-order valence-electron chi connectivity index (χ1n) is 5.02. The first-order chi connectivity index (χ1) is 6.90. The van der Waals surface area contributed by atoms with Crippen molar-refractivity contribution < 1.29 is 4.74 Å². The van der Waals surface area contributed by atoms with Crippen molar-refractivity contribution in [1.82, 2.24) is 4.98 Å². The third-order valence-corrected chi connectivity index (χ3v) is 2.22. The summed E-state index contributed by atoms with van der Waals surface area (Å²) < 4.78 is 5.49. The van der Waals surface area contributed by atoms with E-state index in [-0.39, 0.29) is 0 Å². The number of pyridine rings is 1. The lowest BCUT2D eigenvalue weighted by Gasteiger charge is -1.99. The second-order valence-electron chi connectivity index (χ2n) is 3.40. The average Bonchev–Trinajstić information content (AvgIpc) is 2.68. The maximum absolute atomic E-state index is 5.49. The summed E-state index contributed by atoms with van der Waals surface area (Å²) in [7, 11) is 0. The molecule has 3 nitrogen and oxygen atoms in total. The Kier molecular flexibility index (Phi) is 2.77. The lowest BCUT2D eigenvalue weighted by atomic mass is 10.2. The molecule has 2 heterocycles. The van der Waals surface area contributed by atoms with Crippen molar-refractivity contribution in [3.63, 3.8) is 0 Å². The zero-order valence-corrected chi connectivity index (χ0v) is 8.31. The van der Waals surface area contributed by atoms with Crippen LogP contribution in [0.4, 0.5) is 0 Å². The highest BCUT2D eigenvalue weighted by atomic mass is 16.5. The zero-order valence-electron chi connectivity index (χ0n) is 8.31. The standard InChI is InChI=1S/C11H14N2O/c1-2-5-9-8-14-11(13-9)10-6-3-4-7-12-10/h3-4,6-7,9H,2,5,8H2,1H3/t9-/m0/s1. The zero-order chi connectivity index (χ0) is 9.80. The smallest absolute Gasteiger partial charge is 0.235 e. The van der Waals surface area contributed by atoms with Crippen LogP contribution < -0.4 is 0 Å². The molecule has 74 valence electrons. The minimum absolute atomic E-state index is 0.331. The molecule has 0 saturated heterocycles. The van der Waals surface area contributed by atoms with Gasteiger partial charge in [0.15, 0.2) is 0 Å². The fourth-order valence-corrected chi connectivity index (χ4v) is 1.53. The molecular weight excluding hydrogens is 176 g/mol. The van der Waals surface area contributed by atoms with Gasteiger partial charge in [-0.2, -0.15) is 0 Å². The van der Waals surface area contributed by atoms with Gasteiger partial charge in [-0.25, -0.2) is 4.99 Å². The minimum atomic E-state index is 0.331. The van der Waals surface area contributed by atoms with Gasteiger partial charge in [0.05, 0.1) is 6.04 Å². The van der Waals surface area contributed by atoms with Crippen LogP contribution in [0.25, 0.3) is 0 Å². The summed E-state index contributed by atoms with van der Waals surface area (Å²) in [5, 5.41) is 0. The Bertz CT molecular complexity index is 321. The van der Waals surface area contributed by atoms with Gasteiger partial charge in [-0.1, -0.05) is 19.4 Å². The van der Waals surface area contributed by atoms with Crippen molar-refractivity contribution in [3.05, 3.63) is 30.1 Å². The Labute approximate surface area is 83.8 Å². The molecule has 0 amide bonds. The molecule has 1 aromatic heterocycles. The molecule has 1 aliphatic heterocycles. The molecule has 3 heteroatoms. The first-order valence-corrected chi connectivity index (χ1v) is 5.02. The quantitative estimate of drug-likeness (QED) is 0.730. The van der Waals surface area contributed by atoms with Crippen molar-refractivity contribution in [1.29, 1.82) is 0 Å². The summed E-state index contributed by atoms with van der Waals surface area (Å²) >= 11 is 0. The number of nitrogens with zero attached hydrogens (tertiary/aromatic N) is 2. The molecule has 0 spiro atoms. The summed E-state index contributed by atoms with van der Waals surface area (Å²) in [5.41, 5.74) is 0.839. The molecule has 1 atom stereocenters. The van der Waals surface area contributed by atoms with E-state index in [1.165, 1.54) is 0 Å². The van der Waals surface area contributed by atoms with Gasteiger partial charge in [-0.15, -0.1) is 0 Å². The maximum atomic E-state index is 5.49. The largest absolute Gasteiger partial charge is 0.474 e. The Balaban J connectivity index is 2.10. The minimum Gasteiger partial charge on any atom is -0.474 e. The first kappa shape index (κ1) is 9.19. The van der Waals surface area contributed by atoms with Crippen LogP contribution in [-0.2, 0) is 4.74 Å². The summed E-state index contributed by atoms with van der Waals surface area (Å²) in [6, 6.07) is 6.09. The predicted molar refractivity (Wildman–Crippen MR) is 55.4 cm³/mol. The van der Waals surface area contributed by atoms with Crippen molar-refractivity contribution in [2.75, 3.05) is 6.61 Å². The molecule has 0 bridgehead atoms. The summed E-state index contributed by atoms with van der Waals surface area (Å²) in [5.74, 6) is 0.698. The number of aromatic nitrogens is 1. The number of hydrogen-bond donors (Lipinski definition) is 0. The van der Waals surface area contributed by atoms with Crippen LogP contribution >= 0.6 is 0 Å². The fraction of sp³-hybridized carbons (Fsp3) is 0.455. The Morgan fingerprint density at radius 3 is 3.14 bits per heavy atom. The van der Waals surface area contributed by atoms with Crippen LogP contribution in [0.2, 0.25) is 0 Å². The predicted octanol–water partition coefficient (Wildman–Crippen LogP) is 2.03. The molecule has 14 heavy (non-hydrogen) atoms. The van der Waals surface area contributed by atoms with Crippen molar-refractivity contribution in [3.8, 4) is 0 Å². The summed E-state index contributed by atoms with van der Waals surface area (Å²) in [6.45, 7) is 2.87. The van der Waals surface area contributed by atoms with Gasteiger partial charge in [0.25, 0.3) is 0 Å². The van der Waals surface area contributed by atoms with Crippen LogP contribution in [0.5, 0.6) is 0 Å². The molecule has 1 aromatic rings. The number of hydrogen-bond acceptors (Lipinski definition) is 3. The van der Waals surface area contributed by atoms with E-state index in [0.29, 0.717) is 18.5 Å². The normalized spacial score (nSPS) is 20.4. The SMILES string of the molecule is CCC[C@H]1COC(c2ccccn2)=N1. The summed E-state index contributed by atoms with van der Waals surface area (Å²) in [6.07, 6.45) is 4.00. The second kappa shape index (κ2) is 4.22. The molecule has 0 saturated carbocycles. The molecule has 0 radical (unpaired) electrons. The molecule has 0 N–H and O–H groups in total. The highest BCUT2D eigenvalue weighted by molar-refractivity contribution is 5.93. The van der Waals surface area contributed by atoms with Crippen molar-refractivity contribution >= 4 is 5.90 Å². The number of aliphatic imine (C=N–C) groups is 1. The van der Waals surface area contributed by atoms with E-state index >= 15 is 0 Å². The van der Waals surface area contributed by atoms with E-state index < -0.39 is 0 Å². The molecule has 0 unspecified atom stereocenters. The van der Waals surface area contributed by atoms with E-state index in [2.05, 4.69) is 16.9 Å². The second-order valence-corrected chi connectivity index (χ2v) is 3.40. The Morgan fingerprint density at radius 1 is 1.50 bits per heavy atom. The van der Waals surface area contributed by atoms with Gasteiger partial charge in [-0.3, -0.25) is 4.98 Å². The Morgan fingerprint density at radius 2 is 2.43 bits per heavy atom. The van der Waals surface area contributed by atoms with Gasteiger partial charge < -0.3 is 4.74 Å². The van der Waals surface area contributed by atoms with Gasteiger partial charge in [-0.05, 0) is 18.6 Å². The van der Waals surface area contributed by atoms with E-state index in [1.54, 1.807) is 6.20 Å². The average molecular weight is 190 g/mol. The van der Waals surface area contributed by atoms with E-state index in [9.17, 15) is 0 Å². The van der Waals surface area contributed by atoms with Crippen LogP contribution in [-0.4, -0.2) is 23.5 Å². The summed E-state index contributed by atoms with van der Waals surface area (Å²) in [4.78, 5) is 8.68. The number of ether oxygens (including phenoxy) is 1. The topological polar surface area (TPSA) is 34.5 Å². The molecule has 0 aromatic carbocycles. The van der Waals surface area contributed by atoms with E-state index in [4.69, 9.17) is 4.74 Å². The highest BCUT2D eigenvalue weighted by Crippen LogP contribution is 2.13. The molecule has 2 rings (SSSR count). The highest BCUT2D eigenvalue weighted by Gasteiger charge is 2.19. The van der Waals surface area contributed by atoms with E-state index in [1.807, 2.05) is 18.2 Å². The van der Waals surface area contributed by atoms with Crippen LogP contribution in [0, 0.1) is 0 Å². The molecule has 1 aliphatic rings. The third kappa shape index (κ3) is 1.92. The lowest BCUT2D eigenvalue weighted by Crippen LogP contribution is -2.05. The van der Waals surface area contributed by atoms with E-state index in [0.717, 1.165) is 18.5 Å². The third-order valence-electron chi connectivity index (χ3n) is 2.22. The number of rotatable bonds is 3. The molecular formula is C11H14N2O. The fourth-order valence-electron chi connectivity index (χ4n) is 1.53. The monoisotopic (exact) mass is 190 g/mol. The van der Waals surface area contributed by atoms with Gasteiger partial charge in [0.1, 0.15) is 12.3 Å². The van der Waals surface area contributed by atoms with Crippen LogP contribution in [0.1, 0.15) is 25.5 Å². The van der Waals surface area contributed by atoms with Gasteiger partial charge >= 0.3 is 0 Å². The maximum Gasteiger partial charge on any atom is 0.235 e. The van der Waals surface area contributed by atoms with Gasteiger partial charge in [0, 0.05) is 6.20 Å². The molecule has 0 aliphatic carbocycles. The Hall–Kier alpha value is -1.38. The van der Waals surface area contributed by atoms with Crippen molar-refractivity contribution in [2.45, 2.75) is 25.8 Å².